The molecule has 0 aromatic carbocycles. The van der Waals surface area contributed by atoms with E-state index < -0.39 is 0 Å². The molecule has 1 saturated heterocycles. The van der Waals surface area contributed by atoms with Crippen LogP contribution in [0.3, 0.4) is 0 Å². The molecular weight excluding hydrogens is 244 g/mol. The zero-order valence-corrected chi connectivity index (χ0v) is 11.4. The van der Waals surface area contributed by atoms with Crippen molar-refractivity contribution in [2.75, 3.05) is 14.2 Å². The van der Waals surface area contributed by atoms with Crippen LogP contribution in [-0.2, 0) is 16.1 Å². The summed E-state index contributed by atoms with van der Waals surface area (Å²) in [6.45, 7) is 2.63. The molecule has 102 valence electrons. The van der Waals surface area contributed by atoms with Crippen molar-refractivity contribution < 1.29 is 14.2 Å². The maximum atomic E-state index is 5.69. The van der Waals surface area contributed by atoms with Crippen LogP contribution in [0.5, 0.6) is 5.88 Å². The van der Waals surface area contributed by atoms with Gasteiger partial charge in [-0.1, -0.05) is 6.92 Å². The Morgan fingerprint density at radius 1 is 1.37 bits per heavy atom. The van der Waals surface area contributed by atoms with Gasteiger partial charge < -0.3 is 14.2 Å². The average Bonchev–Trinajstić information content (AvgIpc) is 3.09. The highest BCUT2D eigenvalue weighted by Gasteiger charge is 2.40. The van der Waals surface area contributed by atoms with Crippen molar-refractivity contribution in [1.82, 2.24) is 9.61 Å². The summed E-state index contributed by atoms with van der Waals surface area (Å²) in [4.78, 5) is 0. The minimum absolute atomic E-state index is 0.186. The third-order valence-corrected chi connectivity index (χ3v) is 3.46. The van der Waals surface area contributed by atoms with Gasteiger partial charge >= 0.3 is 0 Å². The van der Waals surface area contributed by atoms with E-state index in [9.17, 15) is 0 Å². The molecule has 5 nitrogen and oxygen atoms in total. The molecule has 0 bridgehead atoms. The maximum absolute atomic E-state index is 5.69. The molecule has 0 spiro atoms. The first-order valence-electron chi connectivity index (χ1n) is 6.48. The molecule has 3 rings (SSSR count). The van der Waals surface area contributed by atoms with Gasteiger partial charge in [0, 0.05) is 18.7 Å². The first-order chi connectivity index (χ1) is 9.28. The minimum Gasteiger partial charge on any atom is -0.481 e. The third kappa shape index (κ3) is 2.09. The van der Waals surface area contributed by atoms with Crippen LogP contribution < -0.4 is 4.74 Å². The van der Waals surface area contributed by atoms with E-state index >= 15 is 0 Å². The van der Waals surface area contributed by atoms with Gasteiger partial charge in [-0.05, 0) is 18.6 Å². The number of nitrogens with zero attached hydrogens (tertiary/aromatic N) is 2. The predicted octanol–water partition coefficient (Wildman–Crippen LogP) is 2.34. The number of hydrogen-bond acceptors (Lipinski definition) is 4. The lowest BCUT2D eigenvalue weighted by Gasteiger charge is -2.06. The second-order valence-corrected chi connectivity index (χ2v) is 4.70. The van der Waals surface area contributed by atoms with Crippen LogP contribution in [0, 0.1) is 0 Å². The highest BCUT2D eigenvalue weighted by molar-refractivity contribution is 5.59. The number of hydrogen-bond donors (Lipinski definition) is 0. The normalized spacial score (nSPS) is 21.8. The molecule has 2 unspecified atom stereocenters. The summed E-state index contributed by atoms with van der Waals surface area (Å²) in [5.74, 6) is 0.717. The van der Waals surface area contributed by atoms with Gasteiger partial charge in [0.15, 0.2) is 0 Å². The largest absolute Gasteiger partial charge is 0.481 e. The molecule has 2 atom stereocenters. The maximum Gasteiger partial charge on any atom is 0.214 e. The van der Waals surface area contributed by atoms with E-state index in [0.717, 1.165) is 23.5 Å². The molecule has 2 aromatic heterocycles. The van der Waals surface area contributed by atoms with Gasteiger partial charge in [-0.15, -0.1) is 0 Å². The molecule has 5 heteroatoms. The van der Waals surface area contributed by atoms with Crippen LogP contribution >= 0.6 is 0 Å². The lowest BCUT2D eigenvalue weighted by atomic mass is 10.1. The van der Waals surface area contributed by atoms with Crippen LogP contribution in [0.4, 0.5) is 0 Å². The smallest absolute Gasteiger partial charge is 0.214 e. The van der Waals surface area contributed by atoms with E-state index in [1.807, 2.05) is 16.6 Å². The molecule has 0 saturated carbocycles. The minimum atomic E-state index is 0.186. The second-order valence-electron chi connectivity index (χ2n) is 4.70. The first-order valence-corrected chi connectivity index (χ1v) is 6.48. The molecule has 2 aromatic rings. The van der Waals surface area contributed by atoms with Crippen LogP contribution in [-0.4, -0.2) is 29.9 Å². The fourth-order valence-electron chi connectivity index (χ4n) is 2.46. The van der Waals surface area contributed by atoms with Gasteiger partial charge in [-0.2, -0.15) is 5.10 Å². The van der Waals surface area contributed by atoms with Gasteiger partial charge in [0.25, 0.3) is 0 Å². The molecule has 0 amide bonds. The van der Waals surface area contributed by atoms with E-state index in [-0.39, 0.29) is 6.10 Å². The third-order valence-electron chi connectivity index (χ3n) is 3.46. The van der Waals surface area contributed by atoms with Gasteiger partial charge in [0.05, 0.1) is 31.0 Å². The number of methoxy groups -OCH3 is 2. The fourth-order valence-corrected chi connectivity index (χ4v) is 2.46. The molecular formula is C14H18N2O3. The van der Waals surface area contributed by atoms with Gasteiger partial charge in [-0.25, -0.2) is 4.52 Å². The van der Waals surface area contributed by atoms with Crippen LogP contribution in [0.1, 0.15) is 30.7 Å². The van der Waals surface area contributed by atoms with E-state index in [4.69, 9.17) is 14.2 Å². The van der Waals surface area contributed by atoms with Crippen molar-refractivity contribution in [1.29, 1.82) is 0 Å². The fraction of sp³-hybridized carbons (Fsp3) is 0.500. The van der Waals surface area contributed by atoms with Gasteiger partial charge in [-0.3, -0.25) is 0 Å². The quantitative estimate of drug-likeness (QED) is 0.776. The number of aromatic nitrogens is 2. The van der Waals surface area contributed by atoms with E-state index in [1.165, 1.54) is 5.56 Å². The molecule has 1 aliphatic rings. The monoisotopic (exact) mass is 262 g/mol. The van der Waals surface area contributed by atoms with Crippen LogP contribution in [0.15, 0.2) is 18.2 Å². The van der Waals surface area contributed by atoms with Gasteiger partial charge in [0.1, 0.15) is 6.10 Å². The zero-order valence-electron chi connectivity index (χ0n) is 11.4. The molecule has 1 aliphatic heterocycles. The van der Waals surface area contributed by atoms with Crippen molar-refractivity contribution in [3.63, 3.8) is 0 Å². The number of ether oxygens (including phenoxy) is 3. The molecule has 19 heavy (non-hydrogen) atoms. The van der Waals surface area contributed by atoms with Crippen molar-refractivity contribution in [2.24, 2.45) is 0 Å². The first kappa shape index (κ1) is 12.4. The van der Waals surface area contributed by atoms with Crippen LogP contribution in [0.2, 0.25) is 0 Å². The van der Waals surface area contributed by atoms with Crippen molar-refractivity contribution in [3.8, 4) is 5.88 Å². The summed E-state index contributed by atoms with van der Waals surface area (Å²) < 4.78 is 18.0. The number of rotatable bonds is 5. The Kier molecular flexibility index (Phi) is 3.16. The Balaban J connectivity index is 2.08. The predicted molar refractivity (Wildman–Crippen MR) is 70.4 cm³/mol. The van der Waals surface area contributed by atoms with Crippen molar-refractivity contribution in [3.05, 3.63) is 29.5 Å². The number of fused-ring (bicyclic) bond motifs is 1. The van der Waals surface area contributed by atoms with Crippen molar-refractivity contribution >= 4 is 5.52 Å². The Labute approximate surface area is 112 Å². The Bertz CT molecular complexity index is 594. The Morgan fingerprint density at radius 3 is 2.84 bits per heavy atom. The average molecular weight is 262 g/mol. The molecule has 0 N–H and O–H groups in total. The second kappa shape index (κ2) is 4.83. The van der Waals surface area contributed by atoms with Gasteiger partial charge in [0.2, 0.25) is 5.88 Å². The Hall–Kier alpha value is -1.59. The lowest BCUT2D eigenvalue weighted by Crippen LogP contribution is -1.99. The summed E-state index contributed by atoms with van der Waals surface area (Å²) in [5.41, 5.74) is 3.09. The summed E-state index contributed by atoms with van der Waals surface area (Å²) in [7, 11) is 3.31. The van der Waals surface area contributed by atoms with E-state index in [0.29, 0.717) is 12.7 Å². The van der Waals surface area contributed by atoms with Crippen LogP contribution in [0.25, 0.3) is 5.52 Å². The molecule has 0 radical (unpaired) electrons. The highest BCUT2D eigenvalue weighted by Crippen LogP contribution is 2.43. The summed E-state index contributed by atoms with van der Waals surface area (Å²) >= 11 is 0. The number of pyridine rings is 1. The Morgan fingerprint density at radius 2 is 2.21 bits per heavy atom. The SMILES string of the molecule is CCC1OC1c1ccc(OC)n2nc(COC)cc12. The molecule has 0 aliphatic carbocycles. The standard InChI is InChI=1S/C14H18N2O3/c1-4-12-14(19-12)10-5-6-13(18-3)16-11(10)7-9(15-16)8-17-2/h5-7,12,14H,4,8H2,1-3H3. The highest BCUT2D eigenvalue weighted by atomic mass is 16.6. The topological polar surface area (TPSA) is 48.3 Å². The van der Waals surface area contributed by atoms with Crippen molar-refractivity contribution in [2.45, 2.75) is 32.2 Å². The molecule has 1 fully saturated rings. The van der Waals surface area contributed by atoms with E-state index in [2.05, 4.69) is 18.1 Å². The van der Waals surface area contributed by atoms with E-state index in [1.54, 1.807) is 14.2 Å². The summed E-state index contributed by atoms with van der Waals surface area (Å²) in [6, 6.07) is 6.03. The summed E-state index contributed by atoms with van der Waals surface area (Å²) in [5, 5.41) is 4.51. The zero-order chi connectivity index (χ0) is 13.4. The number of epoxide rings is 1. The summed E-state index contributed by atoms with van der Waals surface area (Å²) in [6.07, 6.45) is 1.55. The molecule has 3 heterocycles. The lowest BCUT2D eigenvalue weighted by molar-refractivity contribution is 0.181.